The predicted molar refractivity (Wildman–Crippen MR) is 183 cm³/mol. The number of aliphatic hydroxyl groups excluding tert-OH is 1. The number of hydrogen-bond donors (Lipinski definition) is 6. The SMILES string of the molecule is CCCC(CCC)S(=O)(=O)CC(NC(=O)c1cc(O)[nH]c(=O)c1)C(=O)N[C@@H](Cc1cc(F)cc(F)c1)[C@H](O)CNCc1cccc(CC)c1. The number of aryl methyl sites for hydroxylation is 1. The van der Waals surface area contributed by atoms with Gasteiger partial charge in [-0.3, -0.25) is 19.4 Å². The highest BCUT2D eigenvalue weighted by molar-refractivity contribution is 7.92. The summed E-state index contributed by atoms with van der Waals surface area (Å²) in [5, 5.41) is 28.4. The Kier molecular flexibility index (Phi) is 14.9. The van der Waals surface area contributed by atoms with E-state index in [9.17, 15) is 41.8 Å². The number of pyridine rings is 1. The number of rotatable bonds is 19. The van der Waals surface area contributed by atoms with Crippen LogP contribution in [0.3, 0.4) is 0 Å². The highest BCUT2D eigenvalue weighted by Crippen LogP contribution is 2.18. The number of carbonyl (C=O) groups excluding carboxylic acids is 2. The summed E-state index contributed by atoms with van der Waals surface area (Å²) < 4.78 is 55.4. The van der Waals surface area contributed by atoms with Crippen LogP contribution < -0.4 is 21.5 Å². The third-order valence-corrected chi connectivity index (χ3v) is 10.4. The summed E-state index contributed by atoms with van der Waals surface area (Å²) >= 11 is 0. The minimum Gasteiger partial charge on any atom is -0.494 e. The molecule has 0 saturated carbocycles. The number of hydrogen-bond acceptors (Lipinski definition) is 8. The van der Waals surface area contributed by atoms with E-state index in [2.05, 4.69) is 20.9 Å². The fourth-order valence-corrected chi connectivity index (χ4v) is 7.78. The Labute approximate surface area is 285 Å². The number of nitrogens with one attached hydrogen (secondary N) is 4. The first-order valence-corrected chi connectivity index (χ1v) is 18.1. The highest BCUT2D eigenvalue weighted by atomic mass is 32.2. The topological polar surface area (TPSA) is 178 Å². The number of H-pyrrole nitrogens is 1. The van der Waals surface area contributed by atoms with Crippen molar-refractivity contribution in [1.82, 2.24) is 20.9 Å². The lowest BCUT2D eigenvalue weighted by atomic mass is 10.00. The lowest BCUT2D eigenvalue weighted by Crippen LogP contribution is -2.57. The average Bonchev–Trinajstić information content (AvgIpc) is 3.03. The van der Waals surface area contributed by atoms with Gasteiger partial charge in [0.05, 0.1) is 28.7 Å². The number of aromatic amines is 1. The van der Waals surface area contributed by atoms with Crippen molar-refractivity contribution in [3.8, 4) is 5.88 Å². The molecule has 0 aliphatic heterocycles. The summed E-state index contributed by atoms with van der Waals surface area (Å²) in [6.07, 6.45) is 1.07. The molecule has 6 N–H and O–H groups in total. The number of halogens is 2. The third kappa shape index (κ3) is 12.4. The van der Waals surface area contributed by atoms with Crippen molar-refractivity contribution < 1.29 is 37.0 Å². The lowest BCUT2D eigenvalue weighted by molar-refractivity contribution is -0.124. The van der Waals surface area contributed by atoms with Crippen LogP contribution in [0.2, 0.25) is 0 Å². The number of amides is 2. The zero-order valence-electron chi connectivity index (χ0n) is 28.0. The molecule has 2 aromatic carbocycles. The fourth-order valence-electron chi connectivity index (χ4n) is 5.62. The highest BCUT2D eigenvalue weighted by Gasteiger charge is 2.34. The molecule has 0 bridgehead atoms. The van der Waals surface area contributed by atoms with Gasteiger partial charge in [-0.2, -0.15) is 0 Å². The van der Waals surface area contributed by atoms with Crippen molar-refractivity contribution in [2.75, 3.05) is 12.3 Å². The van der Waals surface area contributed by atoms with Gasteiger partial charge < -0.3 is 26.2 Å². The summed E-state index contributed by atoms with van der Waals surface area (Å²) in [7, 11) is -3.98. The summed E-state index contributed by atoms with van der Waals surface area (Å²) in [4.78, 5) is 41.0. The van der Waals surface area contributed by atoms with Crippen molar-refractivity contribution >= 4 is 21.7 Å². The normalized spacial score (nSPS) is 13.5. The lowest BCUT2D eigenvalue weighted by Gasteiger charge is -2.28. The molecule has 3 aromatic rings. The van der Waals surface area contributed by atoms with Crippen LogP contribution in [0.15, 0.2) is 59.4 Å². The second-order valence-corrected chi connectivity index (χ2v) is 14.5. The molecule has 0 fully saturated rings. The van der Waals surface area contributed by atoms with Gasteiger partial charge in [-0.15, -0.1) is 0 Å². The van der Waals surface area contributed by atoms with Gasteiger partial charge in [-0.05, 0) is 54.5 Å². The Bertz CT molecular complexity index is 1710. The second-order valence-electron chi connectivity index (χ2n) is 12.1. The maximum Gasteiger partial charge on any atom is 0.252 e. The molecule has 1 unspecified atom stereocenters. The first-order chi connectivity index (χ1) is 23.2. The molecule has 0 aliphatic rings. The van der Waals surface area contributed by atoms with Gasteiger partial charge in [0.25, 0.3) is 11.5 Å². The minimum atomic E-state index is -3.98. The predicted octanol–water partition coefficient (Wildman–Crippen LogP) is 3.28. The van der Waals surface area contributed by atoms with E-state index in [1.165, 1.54) is 0 Å². The Morgan fingerprint density at radius 1 is 0.898 bits per heavy atom. The van der Waals surface area contributed by atoms with E-state index in [0.29, 0.717) is 38.3 Å². The van der Waals surface area contributed by atoms with Crippen molar-refractivity contribution in [3.63, 3.8) is 0 Å². The molecule has 2 amide bonds. The van der Waals surface area contributed by atoms with Gasteiger partial charge in [0.2, 0.25) is 5.91 Å². The zero-order valence-corrected chi connectivity index (χ0v) is 28.8. The van der Waals surface area contributed by atoms with Crippen molar-refractivity contribution in [3.05, 3.63) is 98.8 Å². The van der Waals surface area contributed by atoms with Crippen LogP contribution in [0.1, 0.15) is 73.5 Å². The van der Waals surface area contributed by atoms with E-state index < -0.39 is 73.9 Å². The molecule has 0 aliphatic carbocycles. The molecule has 1 heterocycles. The molecule has 268 valence electrons. The van der Waals surface area contributed by atoms with Gasteiger partial charge in [0.1, 0.15) is 17.7 Å². The Morgan fingerprint density at radius 3 is 2.16 bits per heavy atom. The van der Waals surface area contributed by atoms with Crippen LogP contribution in [-0.2, 0) is 34.0 Å². The minimum absolute atomic E-state index is 0.0600. The van der Waals surface area contributed by atoms with Gasteiger partial charge in [0.15, 0.2) is 15.7 Å². The molecule has 14 heteroatoms. The number of benzene rings is 2. The van der Waals surface area contributed by atoms with Crippen LogP contribution in [0, 0.1) is 11.6 Å². The van der Waals surface area contributed by atoms with E-state index in [4.69, 9.17) is 0 Å². The molecule has 0 spiro atoms. The van der Waals surface area contributed by atoms with Crippen molar-refractivity contribution in [2.45, 2.75) is 89.3 Å². The molecular weight excluding hydrogens is 658 g/mol. The van der Waals surface area contributed by atoms with Gasteiger partial charge in [-0.1, -0.05) is 57.9 Å². The van der Waals surface area contributed by atoms with Crippen LogP contribution >= 0.6 is 0 Å². The summed E-state index contributed by atoms with van der Waals surface area (Å²) in [6, 6.07) is 9.56. The van der Waals surface area contributed by atoms with E-state index in [1.54, 1.807) is 0 Å². The summed E-state index contributed by atoms with van der Waals surface area (Å²) in [6.45, 7) is 6.00. The number of aliphatic hydroxyl groups is 1. The van der Waals surface area contributed by atoms with Gasteiger partial charge in [0, 0.05) is 31.3 Å². The first kappa shape index (κ1) is 39.3. The quantitative estimate of drug-likeness (QED) is 0.110. The Balaban J connectivity index is 1.92. The third-order valence-electron chi connectivity index (χ3n) is 8.09. The average molecular weight is 705 g/mol. The molecule has 0 radical (unpaired) electrons. The van der Waals surface area contributed by atoms with Crippen LogP contribution in [0.5, 0.6) is 5.88 Å². The van der Waals surface area contributed by atoms with Crippen LogP contribution in [0.25, 0.3) is 0 Å². The smallest absolute Gasteiger partial charge is 0.252 e. The number of carbonyl (C=O) groups is 2. The molecule has 11 nitrogen and oxygen atoms in total. The maximum atomic E-state index is 14.1. The van der Waals surface area contributed by atoms with E-state index >= 15 is 0 Å². The van der Waals surface area contributed by atoms with E-state index in [1.807, 2.05) is 45.0 Å². The molecule has 0 saturated heterocycles. The van der Waals surface area contributed by atoms with Crippen LogP contribution in [0.4, 0.5) is 8.78 Å². The maximum absolute atomic E-state index is 14.1. The largest absolute Gasteiger partial charge is 0.494 e. The molecule has 3 rings (SSSR count). The molecular formula is C35H46F2N4O7S. The Morgan fingerprint density at radius 2 is 1.55 bits per heavy atom. The number of sulfone groups is 1. The summed E-state index contributed by atoms with van der Waals surface area (Å²) in [5.74, 6) is -5.11. The molecule has 49 heavy (non-hydrogen) atoms. The molecule has 1 aromatic heterocycles. The van der Waals surface area contributed by atoms with Gasteiger partial charge >= 0.3 is 0 Å². The van der Waals surface area contributed by atoms with E-state index in [-0.39, 0.29) is 24.1 Å². The second kappa shape index (κ2) is 18.6. The van der Waals surface area contributed by atoms with E-state index in [0.717, 1.165) is 41.8 Å². The molecule has 3 atom stereocenters. The Hall–Kier alpha value is -4.14. The zero-order chi connectivity index (χ0) is 36.1. The fraction of sp³-hybridized carbons (Fsp3) is 0.457. The first-order valence-electron chi connectivity index (χ1n) is 16.4. The van der Waals surface area contributed by atoms with Crippen LogP contribution in [-0.4, -0.2) is 71.2 Å². The summed E-state index contributed by atoms with van der Waals surface area (Å²) in [5.41, 5.74) is 1.07. The van der Waals surface area contributed by atoms with Gasteiger partial charge in [-0.25, -0.2) is 17.2 Å². The monoisotopic (exact) mass is 704 g/mol. The standard InChI is InChI=1S/C35H46F2N4O7S/c1-4-8-28(9-5-2)49(47,48)21-30(40-34(45)25-16-32(43)41-33(44)17-25)35(46)39-29(15-24-13-26(36)18-27(37)14-24)31(42)20-38-19-23-11-7-10-22(6-3)12-23/h7,10-14,16-18,28-31,38,42H,4-6,8-9,15,19-21H2,1-3H3,(H,39,46)(H,40,45)(H2,41,43,44)/t29-,30?,31+/m0/s1. The number of aromatic hydroxyl groups is 1. The van der Waals surface area contributed by atoms with Crippen molar-refractivity contribution in [2.24, 2.45) is 0 Å². The van der Waals surface area contributed by atoms with Crippen molar-refractivity contribution in [1.29, 1.82) is 0 Å². The number of aromatic nitrogens is 1.